The molecule has 0 radical (unpaired) electrons. The van der Waals surface area contributed by atoms with Crippen LogP contribution in [0.2, 0.25) is 0 Å². The maximum atomic E-state index is 10.6. The van der Waals surface area contributed by atoms with Gasteiger partial charge in [-0.05, 0) is 5.56 Å². The van der Waals surface area contributed by atoms with E-state index in [1.54, 1.807) is 17.2 Å². The molecule has 0 aliphatic heterocycles. The van der Waals surface area contributed by atoms with Crippen molar-refractivity contribution in [1.82, 2.24) is 9.88 Å². The van der Waals surface area contributed by atoms with E-state index in [-0.39, 0.29) is 6.54 Å². The van der Waals surface area contributed by atoms with Crippen LogP contribution in [0.15, 0.2) is 18.3 Å². The first-order chi connectivity index (χ1) is 8.15. The highest BCUT2D eigenvalue weighted by molar-refractivity contribution is 5.69. The average Bonchev–Trinajstić information content (AvgIpc) is 2.29. The second kappa shape index (κ2) is 6.51. The van der Waals surface area contributed by atoms with E-state index in [1.165, 1.54) is 7.11 Å². The minimum atomic E-state index is -0.901. The van der Waals surface area contributed by atoms with Crippen molar-refractivity contribution in [3.05, 3.63) is 23.9 Å². The van der Waals surface area contributed by atoms with E-state index < -0.39 is 5.97 Å². The van der Waals surface area contributed by atoms with Crippen molar-refractivity contribution < 1.29 is 14.6 Å². The predicted octanol–water partition coefficient (Wildman–Crippen LogP) is 0.610. The van der Waals surface area contributed by atoms with Gasteiger partial charge in [0.05, 0.1) is 20.2 Å². The minimum Gasteiger partial charge on any atom is -0.481 e. The highest BCUT2D eigenvalue weighted by atomic mass is 16.5. The quantitative estimate of drug-likeness (QED) is 0.731. The molecule has 1 aromatic rings. The molecule has 5 heteroatoms. The fraction of sp³-hybridized carbons (Fsp3) is 0.333. The average molecular weight is 234 g/mol. The number of terminal acetylenes is 1. The Balaban J connectivity index is 2.65. The van der Waals surface area contributed by atoms with Crippen LogP contribution < -0.4 is 4.74 Å². The van der Waals surface area contributed by atoms with E-state index in [0.717, 1.165) is 5.56 Å². The summed E-state index contributed by atoms with van der Waals surface area (Å²) in [6.45, 7) is 0.655. The summed E-state index contributed by atoms with van der Waals surface area (Å²) in [7, 11) is 1.54. The lowest BCUT2D eigenvalue weighted by Crippen LogP contribution is -2.29. The van der Waals surface area contributed by atoms with Crippen molar-refractivity contribution in [2.75, 3.05) is 20.2 Å². The zero-order valence-electron chi connectivity index (χ0n) is 9.59. The number of nitrogens with zero attached hydrogens (tertiary/aromatic N) is 2. The van der Waals surface area contributed by atoms with E-state index in [2.05, 4.69) is 10.9 Å². The smallest absolute Gasteiger partial charge is 0.317 e. The fourth-order valence-electron chi connectivity index (χ4n) is 1.37. The van der Waals surface area contributed by atoms with Crippen molar-refractivity contribution in [2.24, 2.45) is 0 Å². The molecule has 1 aromatic heterocycles. The Kier molecular flexibility index (Phi) is 4.98. The zero-order chi connectivity index (χ0) is 12.7. The van der Waals surface area contributed by atoms with Gasteiger partial charge in [-0.1, -0.05) is 12.0 Å². The Bertz CT molecular complexity index is 409. The van der Waals surface area contributed by atoms with Crippen molar-refractivity contribution in [3.8, 4) is 18.2 Å². The Morgan fingerprint density at radius 3 is 2.88 bits per heavy atom. The number of ether oxygens (including phenoxy) is 1. The first-order valence-corrected chi connectivity index (χ1v) is 5.02. The summed E-state index contributed by atoms with van der Waals surface area (Å²) in [5, 5.41) is 8.72. The van der Waals surface area contributed by atoms with Crippen molar-refractivity contribution in [1.29, 1.82) is 0 Å². The number of carboxylic acid groups (broad SMARTS) is 1. The molecule has 5 nitrogen and oxygen atoms in total. The van der Waals surface area contributed by atoms with Gasteiger partial charge in [0.2, 0.25) is 5.88 Å². The summed E-state index contributed by atoms with van der Waals surface area (Å²) >= 11 is 0. The Hall–Kier alpha value is -2.06. The molecule has 0 amide bonds. The first-order valence-electron chi connectivity index (χ1n) is 5.02. The SMILES string of the molecule is C#CCN(CC(=O)O)Cc1ccc(OC)nc1. The second-order valence-electron chi connectivity index (χ2n) is 3.45. The van der Waals surface area contributed by atoms with Gasteiger partial charge in [-0.25, -0.2) is 4.98 Å². The molecule has 0 saturated carbocycles. The van der Waals surface area contributed by atoms with Gasteiger partial charge >= 0.3 is 5.97 Å². The van der Waals surface area contributed by atoms with E-state index in [1.807, 2.05) is 6.07 Å². The molecular formula is C12H14N2O3. The van der Waals surface area contributed by atoms with E-state index >= 15 is 0 Å². The van der Waals surface area contributed by atoms with Gasteiger partial charge in [-0.15, -0.1) is 6.42 Å². The lowest BCUT2D eigenvalue weighted by atomic mass is 10.2. The van der Waals surface area contributed by atoms with Crippen LogP contribution in [0.25, 0.3) is 0 Å². The molecule has 1 N–H and O–H groups in total. The van der Waals surface area contributed by atoms with Crippen molar-refractivity contribution in [2.45, 2.75) is 6.54 Å². The first kappa shape index (κ1) is 13.0. The van der Waals surface area contributed by atoms with Gasteiger partial charge in [-0.3, -0.25) is 9.69 Å². The zero-order valence-corrected chi connectivity index (χ0v) is 9.59. The van der Waals surface area contributed by atoms with Crippen LogP contribution in [0.5, 0.6) is 5.88 Å². The number of aromatic nitrogens is 1. The third-order valence-electron chi connectivity index (χ3n) is 2.09. The molecule has 1 heterocycles. The van der Waals surface area contributed by atoms with E-state index in [9.17, 15) is 4.79 Å². The Labute approximate surface area is 100 Å². The number of rotatable bonds is 6. The molecular weight excluding hydrogens is 220 g/mol. The van der Waals surface area contributed by atoms with E-state index in [0.29, 0.717) is 19.0 Å². The lowest BCUT2D eigenvalue weighted by Gasteiger charge is -2.17. The number of hydrogen-bond acceptors (Lipinski definition) is 4. The van der Waals surface area contributed by atoms with Crippen LogP contribution in [-0.2, 0) is 11.3 Å². The summed E-state index contributed by atoms with van der Waals surface area (Å²) < 4.78 is 4.94. The van der Waals surface area contributed by atoms with Crippen LogP contribution in [0.1, 0.15) is 5.56 Å². The normalized spacial score (nSPS) is 9.94. The monoisotopic (exact) mass is 234 g/mol. The standard InChI is InChI=1S/C12H14N2O3/c1-3-6-14(9-12(15)16)8-10-4-5-11(17-2)13-7-10/h1,4-5,7H,6,8-9H2,2H3,(H,15,16). The van der Waals surface area contributed by atoms with Crippen LogP contribution in [0, 0.1) is 12.3 Å². The van der Waals surface area contributed by atoms with Crippen LogP contribution in [0.3, 0.4) is 0 Å². The summed E-state index contributed by atoms with van der Waals surface area (Å²) in [6.07, 6.45) is 6.83. The maximum Gasteiger partial charge on any atom is 0.317 e. The predicted molar refractivity (Wildman–Crippen MR) is 62.5 cm³/mol. The van der Waals surface area contributed by atoms with Crippen LogP contribution >= 0.6 is 0 Å². The number of carbonyl (C=O) groups is 1. The molecule has 0 spiro atoms. The third kappa shape index (κ3) is 4.53. The third-order valence-corrected chi connectivity index (χ3v) is 2.09. The van der Waals surface area contributed by atoms with Crippen LogP contribution in [0.4, 0.5) is 0 Å². The highest BCUT2D eigenvalue weighted by Gasteiger charge is 2.09. The van der Waals surface area contributed by atoms with Gasteiger partial charge in [0.1, 0.15) is 0 Å². The van der Waals surface area contributed by atoms with Gasteiger partial charge in [0, 0.05) is 18.8 Å². The van der Waals surface area contributed by atoms with Gasteiger partial charge in [0.25, 0.3) is 0 Å². The molecule has 0 aliphatic carbocycles. The van der Waals surface area contributed by atoms with Gasteiger partial charge in [-0.2, -0.15) is 0 Å². The molecule has 0 bridgehead atoms. The number of aliphatic carboxylic acids is 1. The summed E-state index contributed by atoms with van der Waals surface area (Å²) in [6, 6.07) is 3.56. The summed E-state index contributed by atoms with van der Waals surface area (Å²) in [4.78, 5) is 16.3. The Morgan fingerprint density at radius 1 is 1.65 bits per heavy atom. The molecule has 0 unspecified atom stereocenters. The lowest BCUT2D eigenvalue weighted by molar-refractivity contribution is -0.138. The molecule has 17 heavy (non-hydrogen) atoms. The van der Waals surface area contributed by atoms with E-state index in [4.69, 9.17) is 16.3 Å². The summed E-state index contributed by atoms with van der Waals surface area (Å²) in [5.41, 5.74) is 0.891. The molecule has 0 aliphatic rings. The van der Waals surface area contributed by atoms with Crippen molar-refractivity contribution >= 4 is 5.97 Å². The fourth-order valence-corrected chi connectivity index (χ4v) is 1.37. The molecule has 1 rings (SSSR count). The maximum absolute atomic E-state index is 10.6. The second-order valence-corrected chi connectivity index (χ2v) is 3.45. The van der Waals surface area contributed by atoms with Gasteiger partial charge < -0.3 is 9.84 Å². The summed E-state index contributed by atoms with van der Waals surface area (Å²) in [5.74, 6) is 2.06. The molecule has 0 aromatic carbocycles. The molecule has 90 valence electrons. The van der Waals surface area contributed by atoms with Crippen molar-refractivity contribution in [3.63, 3.8) is 0 Å². The topological polar surface area (TPSA) is 62.7 Å². The number of carboxylic acids is 1. The number of pyridine rings is 1. The minimum absolute atomic E-state index is 0.0871. The number of hydrogen-bond donors (Lipinski definition) is 1. The van der Waals surface area contributed by atoms with Gasteiger partial charge in [0.15, 0.2) is 0 Å². The highest BCUT2D eigenvalue weighted by Crippen LogP contribution is 2.08. The molecule has 0 atom stereocenters. The molecule has 0 saturated heterocycles. The largest absolute Gasteiger partial charge is 0.481 e. The Morgan fingerprint density at radius 2 is 2.41 bits per heavy atom. The molecule has 0 fully saturated rings. The number of methoxy groups -OCH3 is 1. The van der Waals surface area contributed by atoms with Crippen LogP contribution in [-0.4, -0.2) is 41.2 Å².